The molecule has 0 spiro atoms. The second-order valence-corrected chi connectivity index (χ2v) is 8.45. The van der Waals surface area contributed by atoms with Gasteiger partial charge < -0.3 is 15.5 Å². The largest absolute Gasteiger partial charge is 0.339 e. The molecule has 11 nitrogen and oxygen atoms in total. The van der Waals surface area contributed by atoms with Gasteiger partial charge in [0.1, 0.15) is 5.82 Å². The van der Waals surface area contributed by atoms with Crippen LogP contribution in [0.1, 0.15) is 56.1 Å². The number of piperidine rings is 1. The van der Waals surface area contributed by atoms with E-state index in [9.17, 15) is 24.5 Å². The van der Waals surface area contributed by atoms with E-state index in [2.05, 4.69) is 32.4 Å². The van der Waals surface area contributed by atoms with E-state index in [1.807, 2.05) is 0 Å². The van der Waals surface area contributed by atoms with Crippen LogP contribution in [0.4, 0.5) is 23.1 Å². The third-order valence-corrected chi connectivity index (χ3v) is 6.30. The smallest absolute Gasteiger partial charge is 0.269 e. The molecule has 2 aliphatic rings. The molecule has 3 N–H and O–H groups in total. The molecule has 174 valence electrons. The highest BCUT2D eigenvalue weighted by molar-refractivity contribution is 6.04. The van der Waals surface area contributed by atoms with Crippen molar-refractivity contribution >= 4 is 35.0 Å². The molecule has 1 aromatic heterocycles. The van der Waals surface area contributed by atoms with Crippen molar-refractivity contribution in [3.8, 4) is 0 Å². The van der Waals surface area contributed by atoms with Crippen LogP contribution in [-0.4, -0.2) is 39.3 Å². The topological polar surface area (TPSA) is 150 Å². The molecule has 2 aromatic rings. The van der Waals surface area contributed by atoms with Gasteiger partial charge in [-0.25, -0.2) is 0 Å². The third kappa shape index (κ3) is 4.43. The maximum atomic E-state index is 13.1. The first kappa shape index (κ1) is 22.4. The van der Waals surface area contributed by atoms with Crippen LogP contribution in [-0.2, 0) is 9.59 Å². The summed E-state index contributed by atoms with van der Waals surface area (Å²) in [6.45, 7) is 4.48. The van der Waals surface area contributed by atoms with Gasteiger partial charge in [0.15, 0.2) is 0 Å². The molecule has 2 aliphatic heterocycles. The molecule has 11 heteroatoms. The number of nitrogens with one attached hydrogen (secondary N) is 3. The van der Waals surface area contributed by atoms with E-state index in [0.717, 1.165) is 32.2 Å². The second-order valence-electron chi connectivity index (χ2n) is 8.45. The van der Waals surface area contributed by atoms with Crippen LogP contribution >= 0.6 is 0 Å². The summed E-state index contributed by atoms with van der Waals surface area (Å²) in [6, 6.07) is 4.32. The van der Waals surface area contributed by atoms with Crippen molar-refractivity contribution in [3.63, 3.8) is 0 Å². The Morgan fingerprint density at radius 3 is 2.82 bits per heavy atom. The van der Waals surface area contributed by atoms with Gasteiger partial charge in [0.25, 0.3) is 11.2 Å². The molecule has 3 heterocycles. The summed E-state index contributed by atoms with van der Waals surface area (Å²) in [5, 5.41) is 16.3. The first-order valence-electron chi connectivity index (χ1n) is 11.0. The first-order valence-corrected chi connectivity index (χ1v) is 11.0. The number of carbonyl (C=O) groups excluding carboxylic acids is 2. The number of anilines is 3. The molecular weight excluding hydrogens is 428 g/mol. The number of rotatable bonds is 5. The number of benzene rings is 1. The number of non-ortho nitro benzene ring substituents is 1. The van der Waals surface area contributed by atoms with E-state index in [0.29, 0.717) is 17.2 Å². The molecule has 4 rings (SSSR count). The quantitative estimate of drug-likeness (QED) is 0.464. The van der Waals surface area contributed by atoms with E-state index in [1.165, 1.54) is 18.2 Å². The number of fused-ring (bicyclic) bond motifs is 1. The molecular formula is C22H26N6O5. The zero-order valence-corrected chi connectivity index (χ0v) is 18.5. The van der Waals surface area contributed by atoms with Gasteiger partial charge >= 0.3 is 0 Å². The van der Waals surface area contributed by atoms with Crippen LogP contribution in [0, 0.1) is 17.0 Å². The van der Waals surface area contributed by atoms with E-state index in [1.54, 1.807) is 6.92 Å². The van der Waals surface area contributed by atoms with Gasteiger partial charge in [-0.2, -0.15) is 4.98 Å². The number of aromatic nitrogens is 2. The molecule has 1 saturated heterocycles. The maximum absolute atomic E-state index is 13.1. The number of amides is 2. The fraction of sp³-hybridized carbons (Fsp3) is 0.455. The third-order valence-electron chi connectivity index (χ3n) is 6.30. The number of carbonyl (C=O) groups is 2. The minimum absolute atomic E-state index is 0.0934. The highest BCUT2D eigenvalue weighted by atomic mass is 16.6. The fourth-order valence-electron chi connectivity index (χ4n) is 4.54. The van der Waals surface area contributed by atoms with Crippen molar-refractivity contribution in [1.82, 2.24) is 9.97 Å². The summed E-state index contributed by atoms with van der Waals surface area (Å²) in [7, 11) is 0. The van der Waals surface area contributed by atoms with E-state index in [-0.39, 0.29) is 29.5 Å². The van der Waals surface area contributed by atoms with E-state index < -0.39 is 28.2 Å². The minimum Gasteiger partial charge on any atom is -0.339 e. The van der Waals surface area contributed by atoms with Gasteiger partial charge in [-0.15, -0.1) is 0 Å². The van der Waals surface area contributed by atoms with E-state index >= 15 is 0 Å². The summed E-state index contributed by atoms with van der Waals surface area (Å²) in [6.07, 6.45) is 3.82. The van der Waals surface area contributed by atoms with Gasteiger partial charge in [0, 0.05) is 36.8 Å². The summed E-state index contributed by atoms with van der Waals surface area (Å²) in [5.41, 5.74) is 0.426. The molecule has 2 atom stereocenters. The lowest BCUT2D eigenvalue weighted by Gasteiger charge is -2.36. The van der Waals surface area contributed by atoms with Crippen molar-refractivity contribution in [3.05, 3.63) is 49.8 Å². The molecule has 2 amide bonds. The Hall–Kier alpha value is -3.76. The van der Waals surface area contributed by atoms with Crippen molar-refractivity contribution in [2.75, 3.05) is 22.1 Å². The zero-order valence-electron chi connectivity index (χ0n) is 18.5. The number of hydrogen-bond acceptors (Lipinski definition) is 7. The van der Waals surface area contributed by atoms with Crippen molar-refractivity contribution < 1.29 is 14.5 Å². The van der Waals surface area contributed by atoms with Crippen LogP contribution in [0.5, 0.6) is 0 Å². The summed E-state index contributed by atoms with van der Waals surface area (Å²) in [4.78, 5) is 58.3. The summed E-state index contributed by atoms with van der Waals surface area (Å²) >= 11 is 0. The van der Waals surface area contributed by atoms with Crippen molar-refractivity contribution in [2.45, 2.75) is 57.9 Å². The number of nitrogens with zero attached hydrogens (tertiary/aromatic N) is 3. The van der Waals surface area contributed by atoms with Gasteiger partial charge in [-0.05, 0) is 44.2 Å². The Morgan fingerprint density at radius 2 is 2.12 bits per heavy atom. The number of aryl methyl sites for hydroxylation is 1. The maximum Gasteiger partial charge on any atom is 0.269 e. The average molecular weight is 454 g/mol. The molecule has 1 aromatic carbocycles. The first-order chi connectivity index (χ1) is 15.8. The van der Waals surface area contributed by atoms with Gasteiger partial charge in [-0.1, -0.05) is 6.92 Å². The molecule has 0 aliphatic carbocycles. The van der Waals surface area contributed by atoms with Gasteiger partial charge in [-0.3, -0.25) is 29.5 Å². The average Bonchev–Trinajstić information content (AvgIpc) is 2.79. The lowest BCUT2D eigenvalue weighted by atomic mass is 9.92. The molecule has 0 radical (unpaired) electrons. The van der Waals surface area contributed by atoms with Gasteiger partial charge in [0.2, 0.25) is 17.8 Å². The van der Waals surface area contributed by atoms with Crippen LogP contribution in [0.2, 0.25) is 0 Å². The Balaban J connectivity index is 1.64. The Kier molecular flexibility index (Phi) is 6.12. The predicted octanol–water partition coefficient (Wildman–Crippen LogP) is 2.82. The second kappa shape index (κ2) is 9.00. The monoisotopic (exact) mass is 454 g/mol. The zero-order chi connectivity index (χ0) is 23.7. The van der Waals surface area contributed by atoms with Crippen molar-refractivity contribution in [2.24, 2.45) is 0 Å². The number of hydrogen-bond donors (Lipinski definition) is 3. The van der Waals surface area contributed by atoms with Crippen LogP contribution in [0.15, 0.2) is 23.0 Å². The molecule has 33 heavy (non-hydrogen) atoms. The minimum atomic E-state index is -1.03. The lowest BCUT2D eigenvalue weighted by Crippen LogP contribution is -2.43. The number of nitro groups is 1. The highest BCUT2D eigenvalue weighted by Gasteiger charge is 2.36. The number of nitro benzene ring substituents is 1. The van der Waals surface area contributed by atoms with Crippen LogP contribution in [0.25, 0.3) is 0 Å². The predicted molar refractivity (Wildman–Crippen MR) is 123 cm³/mol. The highest BCUT2D eigenvalue weighted by Crippen LogP contribution is 2.32. The number of aromatic amines is 1. The van der Waals surface area contributed by atoms with Crippen LogP contribution in [0.3, 0.4) is 0 Å². The van der Waals surface area contributed by atoms with Crippen LogP contribution < -0.4 is 21.1 Å². The van der Waals surface area contributed by atoms with Gasteiger partial charge in [0.05, 0.1) is 16.4 Å². The Labute approximate surface area is 189 Å². The standard InChI is InChI=1S/C22H26N6O5/c1-3-13-6-4-5-9-27(13)22-25-19-18(21(31)26-22)15(11-17(29)24-19)20(30)23-16-8-7-14(28(32)33)10-12(16)2/h7-8,10,13,15H,3-6,9,11H2,1-2H3,(H,23,30)(H2,24,25,26,29,31)/t13-,15-/m0/s1. The molecule has 1 fully saturated rings. The van der Waals surface area contributed by atoms with E-state index in [4.69, 9.17) is 0 Å². The summed E-state index contributed by atoms with van der Waals surface area (Å²) in [5.74, 6) is -1.48. The summed E-state index contributed by atoms with van der Waals surface area (Å²) < 4.78 is 0. The molecule has 0 unspecified atom stereocenters. The normalized spacial score (nSPS) is 20.1. The molecule has 0 saturated carbocycles. The Bertz CT molecular complexity index is 1180. The molecule has 0 bridgehead atoms. The SMILES string of the molecule is CC[C@H]1CCCCN1c1nc2c(c(=O)[nH]1)[C@@H](C(=O)Nc1ccc([N+](=O)[O-])cc1C)CC(=O)N2. The lowest BCUT2D eigenvalue weighted by molar-refractivity contribution is -0.384. The fourth-order valence-corrected chi connectivity index (χ4v) is 4.54. The van der Waals surface area contributed by atoms with Crippen molar-refractivity contribution in [1.29, 1.82) is 0 Å². The Morgan fingerprint density at radius 1 is 1.33 bits per heavy atom. The number of H-pyrrole nitrogens is 1.